The van der Waals surface area contributed by atoms with Gasteiger partial charge >= 0.3 is 0 Å². The minimum Gasteiger partial charge on any atom is -0.395 e. The molecule has 12 heavy (non-hydrogen) atoms. The zero-order valence-corrected chi connectivity index (χ0v) is 7.48. The second kappa shape index (κ2) is 8.30. The SMILES string of the molecule is C/C=C/C=C/N(CCO)CCO. The molecule has 0 aliphatic carbocycles. The Bertz CT molecular complexity index is 137. The van der Waals surface area contributed by atoms with Crippen LogP contribution < -0.4 is 0 Å². The topological polar surface area (TPSA) is 43.7 Å². The van der Waals surface area contributed by atoms with Gasteiger partial charge in [0.05, 0.1) is 13.2 Å². The fourth-order valence-corrected chi connectivity index (χ4v) is 0.800. The number of allylic oxidation sites excluding steroid dienone is 3. The van der Waals surface area contributed by atoms with E-state index in [-0.39, 0.29) is 13.2 Å². The summed E-state index contributed by atoms with van der Waals surface area (Å²) in [6.45, 7) is 3.29. The summed E-state index contributed by atoms with van der Waals surface area (Å²) < 4.78 is 0. The van der Waals surface area contributed by atoms with Crippen LogP contribution in [0.1, 0.15) is 6.92 Å². The second-order valence-corrected chi connectivity index (χ2v) is 2.35. The van der Waals surface area contributed by atoms with Crippen LogP contribution in [0, 0.1) is 0 Å². The van der Waals surface area contributed by atoms with Crippen LogP contribution in [0.25, 0.3) is 0 Å². The number of hydrogen-bond donors (Lipinski definition) is 2. The minimum atomic E-state index is 0.111. The molecule has 0 aliphatic heterocycles. The highest BCUT2D eigenvalue weighted by atomic mass is 16.3. The van der Waals surface area contributed by atoms with E-state index in [1.54, 1.807) is 0 Å². The van der Waals surface area contributed by atoms with Crippen LogP contribution in [0.2, 0.25) is 0 Å². The lowest BCUT2D eigenvalue weighted by Gasteiger charge is -2.16. The first kappa shape index (κ1) is 11.2. The molecule has 0 aliphatic rings. The van der Waals surface area contributed by atoms with Gasteiger partial charge in [0.15, 0.2) is 0 Å². The van der Waals surface area contributed by atoms with E-state index in [1.165, 1.54) is 0 Å². The summed E-state index contributed by atoms with van der Waals surface area (Å²) in [6.07, 6.45) is 7.56. The molecule has 0 aromatic rings. The predicted octanol–water partition coefficient (Wildman–Crippen LogP) is 0.363. The van der Waals surface area contributed by atoms with E-state index in [0.717, 1.165) is 0 Å². The molecule has 3 heteroatoms. The quantitative estimate of drug-likeness (QED) is 0.567. The average Bonchev–Trinajstić information content (AvgIpc) is 2.06. The smallest absolute Gasteiger partial charge is 0.0606 e. The van der Waals surface area contributed by atoms with Crippen molar-refractivity contribution >= 4 is 0 Å². The molecule has 0 aromatic heterocycles. The van der Waals surface area contributed by atoms with Crippen molar-refractivity contribution in [3.8, 4) is 0 Å². The zero-order chi connectivity index (χ0) is 9.23. The van der Waals surface area contributed by atoms with Gasteiger partial charge in [0, 0.05) is 13.1 Å². The third-order valence-corrected chi connectivity index (χ3v) is 1.37. The number of aliphatic hydroxyl groups excluding tert-OH is 2. The van der Waals surface area contributed by atoms with Crippen molar-refractivity contribution in [3.63, 3.8) is 0 Å². The summed E-state index contributed by atoms with van der Waals surface area (Å²) in [5, 5.41) is 17.3. The maximum Gasteiger partial charge on any atom is 0.0606 e. The number of rotatable bonds is 6. The first-order valence-electron chi connectivity index (χ1n) is 4.10. The van der Waals surface area contributed by atoms with Crippen LogP contribution in [0.5, 0.6) is 0 Å². The third kappa shape index (κ3) is 5.95. The van der Waals surface area contributed by atoms with Gasteiger partial charge in [-0.2, -0.15) is 0 Å². The lowest BCUT2D eigenvalue weighted by Crippen LogP contribution is -2.24. The van der Waals surface area contributed by atoms with Gasteiger partial charge in [-0.15, -0.1) is 0 Å². The summed E-state index contributed by atoms with van der Waals surface area (Å²) in [5.41, 5.74) is 0. The Balaban J connectivity index is 3.75. The minimum absolute atomic E-state index is 0.111. The van der Waals surface area contributed by atoms with Gasteiger partial charge in [-0.1, -0.05) is 12.2 Å². The van der Waals surface area contributed by atoms with Crippen LogP contribution >= 0.6 is 0 Å². The van der Waals surface area contributed by atoms with Gasteiger partial charge in [0.2, 0.25) is 0 Å². The molecule has 0 saturated heterocycles. The van der Waals surface area contributed by atoms with Crippen molar-refractivity contribution in [2.24, 2.45) is 0 Å². The van der Waals surface area contributed by atoms with E-state index in [2.05, 4.69) is 0 Å². The first-order chi connectivity index (χ1) is 5.85. The Morgan fingerprint density at radius 1 is 1.08 bits per heavy atom. The molecule has 0 aromatic carbocycles. The molecule has 0 atom stereocenters. The van der Waals surface area contributed by atoms with Crippen molar-refractivity contribution in [1.29, 1.82) is 0 Å². The zero-order valence-electron chi connectivity index (χ0n) is 7.48. The fraction of sp³-hybridized carbons (Fsp3) is 0.556. The van der Waals surface area contributed by atoms with Crippen molar-refractivity contribution in [2.45, 2.75) is 6.92 Å². The molecule has 2 N–H and O–H groups in total. The molecular formula is C9H17NO2. The average molecular weight is 171 g/mol. The van der Waals surface area contributed by atoms with Gasteiger partial charge < -0.3 is 15.1 Å². The van der Waals surface area contributed by atoms with Crippen molar-refractivity contribution < 1.29 is 10.2 Å². The summed E-state index contributed by atoms with van der Waals surface area (Å²) in [6, 6.07) is 0. The molecule has 0 saturated carbocycles. The van der Waals surface area contributed by atoms with E-state index in [1.807, 2.05) is 36.3 Å². The lowest BCUT2D eigenvalue weighted by atomic mass is 10.4. The van der Waals surface area contributed by atoms with Crippen LogP contribution in [0.4, 0.5) is 0 Å². The normalized spacial score (nSPS) is 11.6. The number of aliphatic hydroxyl groups is 2. The highest BCUT2D eigenvalue weighted by Gasteiger charge is 1.94. The number of nitrogens with zero attached hydrogens (tertiary/aromatic N) is 1. The molecule has 0 rings (SSSR count). The van der Waals surface area contributed by atoms with Crippen molar-refractivity contribution in [1.82, 2.24) is 4.90 Å². The van der Waals surface area contributed by atoms with E-state index >= 15 is 0 Å². The standard InChI is InChI=1S/C9H17NO2/c1-2-3-4-5-10(6-8-11)7-9-12/h2-5,11-12H,6-9H2,1H3/b3-2+,5-4+. The Morgan fingerprint density at radius 3 is 2.08 bits per heavy atom. The van der Waals surface area contributed by atoms with Crippen LogP contribution in [-0.4, -0.2) is 41.4 Å². The predicted molar refractivity (Wildman–Crippen MR) is 49.7 cm³/mol. The first-order valence-corrected chi connectivity index (χ1v) is 4.10. The monoisotopic (exact) mass is 171 g/mol. The molecule has 0 fully saturated rings. The maximum absolute atomic E-state index is 8.64. The summed E-state index contributed by atoms with van der Waals surface area (Å²) in [7, 11) is 0. The van der Waals surface area contributed by atoms with Crippen molar-refractivity contribution in [2.75, 3.05) is 26.3 Å². The van der Waals surface area contributed by atoms with E-state index < -0.39 is 0 Å². The number of hydrogen-bond acceptors (Lipinski definition) is 3. The summed E-state index contributed by atoms with van der Waals surface area (Å²) in [5.74, 6) is 0. The highest BCUT2D eigenvalue weighted by Crippen LogP contribution is 1.89. The molecule has 0 radical (unpaired) electrons. The molecule has 3 nitrogen and oxygen atoms in total. The maximum atomic E-state index is 8.64. The largest absolute Gasteiger partial charge is 0.395 e. The summed E-state index contributed by atoms with van der Waals surface area (Å²) >= 11 is 0. The van der Waals surface area contributed by atoms with Gasteiger partial charge in [-0.3, -0.25) is 0 Å². The Kier molecular flexibility index (Phi) is 7.74. The van der Waals surface area contributed by atoms with E-state index in [0.29, 0.717) is 13.1 Å². The van der Waals surface area contributed by atoms with Crippen molar-refractivity contribution in [3.05, 3.63) is 24.4 Å². The van der Waals surface area contributed by atoms with Crippen LogP contribution in [-0.2, 0) is 0 Å². The van der Waals surface area contributed by atoms with Gasteiger partial charge in [-0.25, -0.2) is 0 Å². The summed E-state index contributed by atoms with van der Waals surface area (Å²) in [4.78, 5) is 1.86. The lowest BCUT2D eigenvalue weighted by molar-refractivity contribution is 0.199. The molecule has 0 spiro atoms. The Morgan fingerprint density at radius 2 is 1.67 bits per heavy atom. The van der Waals surface area contributed by atoms with Crippen LogP contribution in [0.15, 0.2) is 24.4 Å². The second-order valence-electron chi connectivity index (χ2n) is 2.35. The Hall–Kier alpha value is -0.800. The molecule has 0 bridgehead atoms. The molecular weight excluding hydrogens is 154 g/mol. The molecule has 0 amide bonds. The van der Waals surface area contributed by atoms with Gasteiger partial charge in [0.1, 0.15) is 0 Å². The highest BCUT2D eigenvalue weighted by molar-refractivity contribution is 5.00. The molecule has 0 heterocycles. The van der Waals surface area contributed by atoms with Gasteiger partial charge in [-0.05, 0) is 19.2 Å². The van der Waals surface area contributed by atoms with E-state index in [9.17, 15) is 0 Å². The Labute approximate surface area is 73.6 Å². The molecule has 0 unspecified atom stereocenters. The van der Waals surface area contributed by atoms with Gasteiger partial charge in [0.25, 0.3) is 0 Å². The van der Waals surface area contributed by atoms with Crippen LogP contribution in [0.3, 0.4) is 0 Å². The van der Waals surface area contributed by atoms with E-state index in [4.69, 9.17) is 10.2 Å². The molecule has 70 valence electrons. The third-order valence-electron chi connectivity index (χ3n) is 1.37. The fourth-order valence-electron chi connectivity index (χ4n) is 0.800.